The summed E-state index contributed by atoms with van der Waals surface area (Å²) in [5, 5.41) is 3.42. The molecule has 0 fully saturated rings. The average molecular weight is 332 g/mol. The number of rotatable bonds is 4. The van der Waals surface area contributed by atoms with Gasteiger partial charge in [-0.1, -0.05) is 35.9 Å². The van der Waals surface area contributed by atoms with Crippen LogP contribution in [0.15, 0.2) is 36.4 Å². The van der Waals surface area contributed by atoms with Gasteiger partial charge in [-0.3, -0.25) is 4.79 Å². The molecular weight excluding hydrogens is 314 g/mol. The summed E-state index contributed by atoms with van der Waals surface area (Å²) >= 11 is 6.17. The van der Waals surface area contributed by atoms with Gasteiger partial charge in [0.15, 0.2) is 11.5 Å². The van der Waals surface area contributed by atoms with Crippen LogP contribution in [0.5, 0.6) is 11.5 Å². The van der Waals surface area contributed by atoms with E-state index in [4.69, 9.17) is 21.1 Å². The van der Waals surface area contributed by atoms with Crippen molar-refractivity contribution in [2.24, 2.45) is 0 Å². The van der Waals surface area contributed by atoms with E-state index in [0.717, 1.165) is 12.8 Å². The topological polar surface area (TPSA) is 47.6 Å². The molecule has 0 saturated heterocycles. The summed E-state index contributed by atoms with van der Waals surface area (Å²) in [5.41, 5.74) is 2.94. The van der Waals surface area contributed by atoms with Crippen LogP contribution >= 0.6 is 11.6 Å². The number of nitrogens with one attached hydrogen (secondary N) is 1. The number of benzene rings is 2. The Hall–Kier alpha value is -2.20. The van der Waals surface area contributed by atoms with Gasteiger partial charge in [-0.05, 0) is 36.1 Å². The number of aryl methyl sites for hydroxylation is 1. The molecule has 0 aliphatic heterocycles. The fourth-order valence-electron chi connectivity index (χ4n) is 3.00. The Morgan fingerprint density at radius 1 is 1.22 bits per heavy atom. The molecule has 0 bridgehead atoms. The van der Waals surface area contributed by atoms with Gasteiger partial charge in [0.25, 0.3) is 5.91 Å². The predicted molar refractivity (Wildman–Crippen MR) is 89.5 cm³/mol. The van der Waals surface area contributed by atoms with Gasteiger partial charge in [-0.2, -0.15) is 0 Å². The molecular formula is C18H18ClNO3. The van der Waals surface area contributed by atoms with Crippen LogP contribution in [-0.4, -0.2) is 20.1 Å². The van der Waals surface area contributed by atoms with Crippen LogP contribution < -0.4 is 14.8 Å². The first-order valence-electron chi connectivity index (χ1n) is 7.44. The minimum Gasteiger partial charge on any atom is -0.493 e. The number of amides is 1. The summed E-state index contributed by atoms with van der Waals surface area (Å²) in [5.74, 6) is 0.698. The number of methoxy groups -OCH3 is 2. The van der Waals surface area contributed by atoms with E-state index in [1.54, 1.807) is 12.1 Å². The van der Waals surface area contributed by atoms with Gasteiger partial charge < -0.3 is 14.8 Å². The molecule has 2 aromatic carbocycles. The van der Waals surface area contributed by atoms with E-state index in [2.05, 4.69) is 17.4 Å². The van der Waals surface area contributed by atoms with Gasteiger partial charge in [0, 0.05) is 5.56 Å². The molecule has 1 aliphatic carbocycles. The SMILES string of the molecule is COc1cc(C(=O)N[C@@H]2CCc3ccccc32)cc(Cl)c1OC. The quantitative estimate of drug-likeness (QED) is 0.927. The molecule has 3 rings (SSSR count). The molecule has 0 heterocycles. The van der Waals surface area contributed by atoms with Gasteiger partial charge in [0.05, 0.1) is 25.3 Å². The molecule has 1 atom stereocenters. The Bertz CT molecular complexity index is 745. The Labute approximate surface area is 140 Å². The number of ether oxygens (including phenoxy) is 2. The summed E-state index contributed by atoms with van der Waals surface area (Å²) in [6, 6.07) is 11.5. The fourth-order valence-corrected chi connectivity index (χ4v) is 3.29. The molecule has 4 nitrogen and oxygen atoms in total. The molecule has 120 valence electrons. The largest absolute Gasteiger partial charge is 0.493 e. The van der Waals surface area contributed by atoms with Crippen LogP contribution in [0.3, 0.4) is 0 Å². The first-order valence-corrected chi connectivity index (χ1v) is 7.82. The highest BCUT2D eigenvalue weighted by molar-refractivity contribution is 6.32. The highest BCUT2D eigenvalue weighted by atomic mass is 35.5. The van der Waals surface area contributed by atoms with E-state index in [1.807, 2.05) is 12.1 Å². The van der Waals surface area contributed by atoms with Crippen molar-refractivity contribution in [3.63, 3.8) is 0 Å². The van der Waals surface area contributed by atoms with Crippen molar-refractivity contribution in [2.75, 3.05) is 14.2 Å². The summed E-state index contributed by atoms with van der Waals surface area (Å²) in [4.78, 5) is 12.6. The number of carbonyl (C=O) groups is 1. The maximum absolute atomic E-state index is 12.6. The lowest BCUT2D eigenvalue weighted by Crippen LogP contribution is -2.27. The third kappa shape index (κ3) is 2.99. The molecule has 23 heavy (non-hydrogen) atoms. The number of hydrogen-bond donors (Lipinski definition) is 1. The van der Waals surface area contributed by atoms with E-state index in [9.17, 15) is 4.79 Å². The molecule has 0 saturated carbocycles. The van der Waals surface area contributed by atoms with Crippen LogP contribution in [0.1, 0.15) is 33.9 Å². The monoisotopic (exact) mass is 331 g/mol. The highest BCUT2D eigenvalue weighted by Gasteiger charge is 2.24. The average Bonchev–Trinajstić information content (AvgIpc) is 2.97. The Kier molecular flexibility index (Phi) is 4.44. The molecule has 1 N–H and O–H groups in total. The zero-order valence-electron chi connectivity index (χ0n) is 13.1. The number of carbonyl (C=O) groups excluding carboxylic acids is 1. The van der Waals surface area contributed by atoms with Crippen molar-refractivity contribution in [2.45, 2.75) is 18.9 Å². The highest BCUT2D eigenvalue weighted by Crippen LogP contribution is 2.36. The van der Waals surface area contributed by atoms with Gasteiger partial charge in [0.2, 0.25) is 0 Å². The van der Waals surface area contributed by atoms with Crippen molar-refractivity contribution in [1.82, 2.24) is 5.32 Å². The number of hydrogen-bond acceptors (Lipinski definition) is 3. The molecule has 0 aromatic heterocycles. The smallest absolute Gasteiger partial charge is 0.251 e. The summed E-state index contributed by atoms with van der Waals surface area (Å²) < 4.78 is 10.4. The Balaban J connectivity index is 1.83. The standard InChI is InChI=1S/C18H18ClNO3/c1-22-16-10-12(9-14(19)17(16)23-2)18(21)20-15-8-7-11-5-3-4-6-13(11)15/h3-6,9-10,15H,7-8H2,1-2H3,(H,20,21)/t15-/m1/s1. The minimum absolute atomic E-state index is 0.0329. The van der Waals surface area contributed by atoms with Crippen molar-refractivity contribution in [3.8, 4) is 11.5 Å². The van der Waals surface area contributed by atoms with Crippen molar-refractivity contribution in [1.29, 1.82) is 0 Å². The second kappa shape index (κ2) is 6.50. The summed E-state index contributed by atoms with van der Waals surface area (Å²) in [6.07, 6.45) is 1.89. The van der Waals surface area contributed by atoms with Crippen LogP contribution in [0.4, 0.5) is 0 Å². The van der Waals surface area contributed by atoms with Crippen LogP contribution in [0, 0.1) is 0 Å². The first-order chi connectivity index (χ1) is 11.1. The van der Waals surface area contributed by atoms with E-state index >= 15 is 0 Å². The maximum Gasteiger partial charge on any atom is 0.251 e. The van der Waals surface area contributed by atoms with E-state index in [0.29, 0.717) is 22.1 Å². The normalized spacial score (nSPS) is 15.9. The third-order valence-corrected chi connectivity index (χ3v) is 4.41. The van der Waals surface area contributed by atoms with Crippen LogP contribution in [-0.2, 0) is 6.42 Å². The minimum atomic E-state index is -0.172. The zero-order valence-corrected chi connectivity index (χ0v) is 13.8. The Morgan fingerprint density at radius 3 is 2.74 bits per heavy atom. The third-order valence-electron chi connectivity index (χ3n) is 4.13. The van der Waals surface area contributed by atoms with E-state index in [1.165, 1.54) is 25.3 Å². The zero-order chi connectivity index (χ0) is 16.4. The lowest BCUT2D eigenvalue weighted by atomic mass is 10.1. The Morgan fingerprint density at radius 2 is 2.00 bits per heavy atom. The van der Waals surface area contributed by atoms with E-state index in [-0.39, 0.29) is 11.9 Å². The van der Waals surface area contributed by atoms with Gasteiger partial charge in [-0.25, -0.2) is 0 Å². The fraction of sp³-hybridized carbons (Fsp3) is 0.278. The molecule has 0 radical (unpaired) electrons. The predicted octanol–water partition coefficient (Wildman–Crippen LogP) is 3.77. The summed E-state index contributed by atoms with van der Waals surface area (Å²) in [7, 11) is 3.03. The maximum atomic E-state index is 12.6. The molecule has 0 spiro atoms. The van der Waals surface area contributed by atoms with Gasteiger partial charge in [-0.15, -0.1) is 0 Å². The van der Waals surface area contributed by atoms with E-state index < -0.39 is 0 Å². The van der Waals surface area contributed by atoms with Crippen molar-refractivity contribution in [3.05, 3.63) is 58.1 Å². The first kappa shape index (κ1) is 15.7. The van der Waals surface area contributed by atoms with Crippen molar-refractivity contribution >= 4 is 17.5 Å². The molecule has 1 amide bonds. The summed E-state index contributed by atoms with van der Waals surface area (Å²) in [6.45, 7) is 0. The second-order valence-corrected chi connectivity index (χ2v) is 5.86. The van der Waals surface area contributed by atoms with Gasteiger partial charge >= 0.3 is 0 Å². The van der Waals surface area contributed by atoms with Crippen LogP contribution in [0.2, 0.25) is 5.02 Å². The van der Waals surface area contributed by atoms with Crippen molar-refractivity contribution < 1.29 is 14.3 Å². The molecule has 2 aromatic rings. The van der Waals surface area contributed by atoms with Crippen LogP contribution in [0.25, 0.3) is 0 Å². The second-order valence-electron chi connectivity index (χ2n) is 5.46. The molecule has 0 unspecified atom stereocenters. The molecule has 5 heteroatoms. The lowest BCUT2D eigenvalue weighted by molar-refractivity contribution is 0.0936. The number of fused-ring (bicyclic) bond motifs is 1. The lowest BCUT2D eigenvalue weighted by Gasteiger charge is -2.16. The van der Waals surface area contributed by atoms with Gasteiger partial charge in [0.1, 0.15) is 0 Å². The molecule has 1 aliphatic rings. The number of halogens is 1.